The quantitative estimate of drug-likeness (QED) is 0.148. The predicted molar refractivity (Wildman–Crippen MR) is 263 cm³/mol. The molecule has 1 aliphatic rings. The molecule has 0 bridgehead atoms. The molecule has 0 saturated carbocycles. The number of anilines is 3. The minimum absolute atomic E-state index is 0.109. The van der Waals surface area contributed by atoms with Gasteiger partial charge in [0.2, 0.25) is 0 Å². The molecule has 1 heteroatoms. The minimum Gasteiger partial charge on any atom is -0.309 e. The third-order valence-corrected chi connectivity index (χ3v) is 12.9. The number of hydrogen-bond donors (Lipinski definition) is 0. The van der Waals surface area contributed by atoms with Gasteiger partial charge in [0, 0.05) is 22.2 Å². The summed E-state index contributed by atoms with van der Waals surface area (Å²) in [5.41, 5.74) is 20.6. The molecule has 0 heterocycles. The van der Waals surface area contributed by atoms with Crippen molar-refractivity contribution in [2.75, 3.05) is 4.90 Å². The molecule has 0 amide bonds. The first-order valence-electron chi connectivity index (χ1n) is 21.6. The SMILES string of the molecule is CC1(C)c2ccccc2-c2c(-c3ccccc3N(c3ccc(-c4cccc5cccc(-c6ccccc6)c45)cc3)c3ccc(-c4ccccc4)cc3-c3ccccc3)cccc21. The van der Waals surface area contributed by atoms with Gasteiger partial charge in [-0.2, -0.15) is 0 Å². The van der Waals surface area contributed by atoms with Gasteiger partial charge in [0.25, 0.3) is 0 Å². The molecule has 0 fully saturated rings. The predicted octanol–water partition coefficient (Wildman–Crippen LogP) is 17.0. The Morgan fingerprint density at radius 2 is 0.774 bits per heavy atom. The van der Waals surface area contributed by atoms with E-state index in [1.54, 1.807) is 0 Å². The fourth-order valence-corrected chi connectivity index (χ4v) is 9.90. The molecule has 62 heavy (non-hydrogen) atoms. The van der Waals surface area contributed by atoms with Crippen molar-refractivity contribution in [1.82, 2.24) is 0 Å². The summed E-state index contributed by atoms with van der Waals surface area (Å²) in [5, 5.41) is 2.50. The average molecular weight is 792 g/mol. The third kappa shape index (κ3) is 6.33. The van der Waals surface area contributed by atoms with Crippen LogP contribution in [0.25, 0.3) is 77.5 Å². The molecule has 294 valence electrons. The van der Waals surface area contributed by atoms with Crippen molar-refractivity contribution in [3.63, 3.8) is 0 Å². The van der Waals surface area contributed by atoms with Gasteiger partial charge < -0.3 is 4.90 Å². The van der Waals surface area contributed by atoms with Crippen LogP contribution < -0.4 is 4.90 Å². The van der Waals surface area contributed by atoms with Gasteiger partial charge in [0.1, 0.15) is 0 Å². The molecule has 0 atom stereocenters. The minimum atomic E-state index is -0.109. The van der Waals surface area contributed by atoms with E-state index in [-0.39, 0.29) is 5.41 Å². The Bertz CT molecular complexity index is 3230. The molecule has 0 aromatic heterocycles. The number of para-hydroxylation sites is 1. The van der Waals surface area contributed by atoms with E-state index < -0.39 is 0 Å². The van der Waals surface area contributed by atoms with Crippen LogP contribution in [0, 0.1) is 0 Å². The number of nitrogens with zero attached hydrogens (tertiary/aromatic N) is 1. The first-order chi connectivity index (χ1) is 30.5. The number of hydrogen-bond acceptors (Lipinski definition) is 1. The molecule has 1 nitrogen and oxygen atoms in total. The van der Waals surface area contributed by atoms with Crippen molar-refractivity contribution in [3.05, 3.63) is 248 Å². The standard InChI is InChI=1S/C61H45N/c1-61(2)55-32-14-12-28-53(55)60-52(31-18-33-56(60)61)51-27-13-15-34-57(51)62(58-40-37-47(42-19-6-3-7-20-42)41-54(58)44-23-10-5-11-24-44)48-38-35-45(36-39-48)50-30-17-26-46-25-16-29-49(59(46)50)43-21-8-4-9-22-43/h3-41H,1-2H3. The molecular formula is C61H45N. The lowest BCUT2D eigenvalue weighted by Gasteiger charge is -2.31. The van der Waals surface area contributed by atoms with Crippen molar-refractivity contribution < 1.29 is 0 Å². The van der Waals surface area contributed by atoms with Crippen LogP contribution in [0.4, 0.5) is 17.1 Å². The lowest BCUT2D eigenvalue weighted by Crippen LogP contribution is -2.15. The third-order valence-electron chi connectivity index (χ3n) is 12.9. The van der Waals surface area contributed by atoms with E-state index in [1.165, 1.54) is 83.1 Å². The van der Waals surface area contributed by atoms with Gasteiger partial charge in [0.15, 0.2) is 0 Å². The zero-order valence-corrected chi connectivity index (χ0v) is 35.0. The Labute approximate surface area is 364 Å². The van der Waals surface area contributed by atoms with Gasteiger partial charge in [0.05, 0.1) is 11.4 Å². The maximum Gasteiger partial charge on any atom is 0.0540 e. The molecule has 0 saturated heterocycles. The first kappa shape index (κ1) is 37.3. The van der Waals surface area contributed by atoms with E-state index >= 15 is 0 Å². The first-order valence-corrected chi connectivity index (χ1v) is 21.6. The fraction of sp³-hybridized carbons (Fsp3) is 0.0492. The zero-order valence-electron chi connectivity index (χ0n) is 35.0. The molecular weight excluding hydrogens is 747 g/mol. The van der Waals surface area contributed by atoms with Crippen LogP contribution in [0.15, 0.2) is 237 Å². The molecule has 10 aromatic carbocycles. The number of fused-ring (bicyclic) bond motifs is 4. The molecule has 0 N–H and O–H groups in total. The number of benzene rings is 10. The van der Waals surface area contributed by atoms with Crippen molar-refractivity contribution in [3.8, 4) is 66.8 Å². The van der Waals surface area contributed by atoms with Crippen molar-refractivity contribution >= 4 is 27.8 Å². The molecule has 1 aliphatic carbocycles. The Morgan fingerprint density at radius 1 is 0.306 bits per heavy atom. The van der Waals surface area contributed by atoms with E-state index in [0.717, 1.165) is 22.6 Å². The summed E-state index contributed by atoms with van der Waals surface area (Å²) in [4.78, 5) is 2.49. The molecule has 11 rings (SSSR count). The Hall–Kier alpha value is -7.74. The lowest BCUT2D eigenvalue weighted by atomic mass is 9.82. The van der Waals surface area contributed by atoms with Crippen LogP contribution >= 0.6 is 0 Å². The summed E-state index contributed by atoms with van der Waals surface area (Å²) in [6, 6.07) is 86.6. The molecule has 0 spiro atoms. The zero-order chi connectivity index (χ0) is 41.6. The second kappa shape index (κ2) is 15.4. The maximum atomic E-state index is 2.49. The van der Waals surface area contributed by atoms with Gasteiger partial charge in [-0.1, -0.05) is 220 Å². The second-order valence-corrected chi connectivity index (χ2v) is 16.8. The van der Waals surface area contributed by atoms with Gasteiger partial charge in [-0.05, 0) is 108 Å². The van der Waals surface area contributed by atoms with Gasteiger partial charge in [-0.15, -0.1) is 0 Å². The summed E-state index contributed by atoms with van der Waals surface area (Å²) in [6.45, 7) is 4.72. The monoisotopic (exact) mass is 791 g/mol. The Balaban J connectivity index is 1.14. The smallest absolute Gasteiger partial charge is 0.0540 e. The molecule has 0 radical (unpaired) electrons. The van der Waals surface area contributed by atoms with Gasteiger partial charge >= 0.3 is 0 Å². The highest BCUT2D eigenvalue weighted by molar-refractivity contribution is 6.07. The molecule has 10 aromatic rings. The van der Waals surface area contributed by atoms with Crippen LogP contribution in [0.3, 0.4) is 0 Å². The highest BCUT2D eigenvalue weighted by Gasteiger charge is 2.37. The fourth-order valence-electron chi connectivity index (χ4n) is 9.90. The van der Waals surface area contributed by atoms with E-state index in [2.05, 4.69) is 255 Å². The normalized spacial score (nSPS) is 12.5. The molecule has 0 aliphatic heterocycles. The highest BCUT2D eigenvalue weighted by atomic mass is 15.1. The van der Waals surface area contributed by atoms with E-state index in [4.69, 9.17) is 0 Å². The summed E-state index contributed by atoms with van der Waals surface area (Å²) in [7, 11) is 0. The average Bonchev–Trinajstić information content (AvgIpc) is 3.58. The summed E-state index contributed by atoms with van der Waals surface area (Å²) < 4.78 is 0. The molecule has 0 unspecified atom stereocenters. The Morgan fingerprint density at radius 3 is 1.45 bits per heavy atom. The second-order valence-electron chi connectivity index (χ2n) is 16.8. The van der Waals surface area contributed by atoms with Crippen LogP contribution in [0.1, 0.15) is 25.0 Å². The van der Waals surface area contributed by atoms with E-state index in [1.807, 2.05) is 0 Å². The van der Waals surface area contributed by atoms with Crippen LogP contribution in [0.5, 0.6) is 0 Å². The summed E-state index contributed by atoms with van der Waals surface area (Å²) in [5.74, 6) is 0. The number of rotatable bonds is 8. The summed E-state index contributed by atoms with van der Waals surface area (Å²) in [6.07, 6.45) is 0. The van der Waals surface area contributed by atoms with E-state index in [0.29, 0.717) is 0 Å². The van der Waals surface area contributed by atoms with E-state index in [9.17, 15) is 0 Å². The highest BCUT2D eigenvalue weighted by Crippen LogP contribution is 2.54. The topological polar surface area (TPSA) is 3.24 Å². The summed E-state index contributed by atoms with van der Waals surface area (Å²) >= 11 is 0. The van der Waals surface area contributed by atoms with Gasteiger partial charge in [-0.25, -0.2) is 0 Å². The van der Waals surface area contributed by atoms with Crippen LogP contribution in [-0.4, -0.2) is 0 Å². The maximum absolute atomic E-state index is 2.49. The van der Waals surface area contributed by atoms with Crippen LogP contribution in [0.2, 0.25) is 0 Å². The Kier molecular flexibility index (Phi) is 9.24. The van der Waals surface area contributed by atoms with Crippen molar-refractivity contribution in [1.29, 1.82) is 0 Å². The van der Waals surface area contributed by atoms with Crippen molar-refractivity contribution in [2.24, 2.45) is 0 Å². The largest absolute Gasteiger partial charge is 0.309 e. The van der Waals surface area contributed by atoms with Crippen molar-refractivity contribution in [2.45, 2.75) is 19.3 Å². The lowest BCUT2D eigenvalue weighted by molar-refractivity contribution is 0.660. The van der Waals surface area contributed by atoms with Gasteiger partial charge in [-0.3, -0.25) is 0 Å². The van der Waals surface area contributed by atoms with Crippen LogP contribution in [-0.2, 0) is 5.41 Å².